The van der Waals surface area contributed by atoms with Crippen LogP contribution in [-0.4, -0.2) is 33.5 Å². The van der Waals surface area contributed by atoms with E-state index in [0.717, 1.165) is 22.3 Å². The highest BCUT2D eigenvalue weighted by Crippen LogP contribution is 2.45. The van der Waals surface area contributed by atoms with E-state index in [-0.39, 0.29) is 35.2 Å². The molecule has 0 aromatic heterocycles. The van der Waals surface area contributed by atoms with Crippen LogP contribution in [0.15, 0.2) is 71.9 Å². The maximum atomic E-state index is 12.9. The lowest BCUT2D eigenvalue weighted by Crippen LogP contribution is -2.61. The first kappa shape index (κ1) is 22.6. The van der Waals surface area contributed by atoms with Crippen LogP contribution >= 0.6 is 23.4 Å². The first-order valence-electron chi connectivity index (χ1n) is 10.6. The van der Waals surface area contributed by atoms with Gasteiger partial charge in [-0.2, -0.15) is 0 Å². The van der Waals surface area contributed by atoms with Crippen molar-refractivity contribution in [1.29, 1.82) is 0 Å². The Morgan fingerprint density at radius 1 is 1.06 bits per heavy atom. The lowest BCUT2D eigenvalue weighted by atomic mass is 9.88. The Kier molecular flexibility index (Phi) is 6.97. The molecule has 1 fully saturated rings. The zero-order chi connectivity index (χ0) is 22.7. The summed E-state index contributed by atoms with van der Waals surface area (Å²) in [5, 5.41) is -0.152. The van der Waals surface area contributed by atoms with Gasteiger partial charge in [0.2, 0.25) is 5.91 Å². The fourth-order valence-corrected chi connectivity index (χ4v) is 5.68. The number of Topliss-reactive ketones (excluding diaryl/α,β-unsaturated/α-hetero) is 2. The van der Waals surface area contributed by atoms with Gasteiger partial charge < -0.3 is 0 Å². The molecule has 2 aliphatic heterocycles. The van der Waals surface area contributed by atoms with Crippen LogP contribution in [0.25, 0.3) is 6.08 Å². The van der Waals surface area contributed by atoms with Gasteiger partial charge in [0.05, 0.1) is 17.0 Å². The maximum absolute atomic E-state index is 12.9. The van der Waals surface area contributed by atoms with Crippen molar-refractivity contribution >= 4 is 46.9 Å². The fraction of sp³-hybridized carbons (Fsp3) is 0.269. The number of allylic oxidation sites excluding steroid dienone is 2. The molecule has 2 aliphatic rings. The minimum absolute atomic E-state index is 0.0502. The standard InChI is InChI=1S/C26H24ClNO3S/c1-17(29)24-21(12-11-18-7-9-20(15-27)10-8-18)16-32-26-23(25(31)28(24)26)14-22(30)13-19-5-3-2-4-6-19/h2-12,23,26H,13-16H2,1H3/b12-11+/t23-,26-/m1/s1. The Hall–Kier alpha value is -2.63. The molecule has 4 nitrogen and oxygen atoms in total. The van der Waals surface area contributed by atoms with E-state index in [0.29, 0.717) is 23.8 Å². The van der Waals surface area contributed by atoms with Gasteiger partial charge in [0.25, 0.3) is 0 Å². The SMILES string of the molecule is CC(=O)C1=C(/C=C/c2ccc(CCl)cc2)CS[C@@H]2[C@H](CC(=O)Cc3ccccc3)C(=O)N12. The van der Waals surface area contributed by atoms with Gasteiger partial charge in [-0.15, -0.1) is 23.4 Å². The number of ketones is 2. The Morgan fingerprint density at radius 3 is 2.44 bits per heavy atom. The molecule has 1 amide bonds. The average molecular weight is 466 g/mol. The molecule has 2 aromatic carbocycles. The third-order valence-electron chi connectivity index (χ3n) is 5.74. The molecule has 32 heavy (non-hydrogen) atoms. The van der Waals surface area contributed by atoms with Crippen LogP contribution in [0.3, 0.4) is 0 Å². The highest BCUT2D eigenvalue weighted by Gasteiger charge is 2.52. The van der Waals surface area contributed by atoms with Gasteiger partial charge in [0.15, 0.2) is 5.78 Å². The van der Waals surface area contributed by atoms with E-state index in [1.807, 2.05) is 66.7 Å². The van der Waals surface area contributed by atoms with Crippen molar-refractivity contribution < 1.29 is 14.4 Å². The summed E-state index contributed by atoms with van der Waals surface area (Å²) in [4.78, 5) is 39.5. The normalized spacial score (nSPS) is 20.3. The lowest BCUT2D eigenvalue weighted by molar-refractivity contribution is -0.150. The number of alkyl halides is 1. The van der Waals surface area contributed by atoms with Crippen molar-refractivity contribution in [3.8, 4) is 0 Å². The number of β-lactam (4-membered cyclic amide) rings is 1. The number of benzene rings is 2. The number of halogens is 1. The van der Waals surface area contributed by atoms with Crippen LogP contribution in [0.2, 0.25) is 0 Å². The van der Waals surface area contributed by atoms with E-state index < -0.39 is 0 Å². The van der Waals surface area contributed by atoms with Crippen LogP contribution < -0.4 is 0 Å². The third-order valence-corrected chi connectivity index (χ3v) is 7.41. The van der Waals surface area contributed by atoms with E-state index in [9.17, 15) is 14.4 Å². The molecule has 2 aromatic rings. The molecular formula is C26H24ClNO3S. The van der Waals surface area contributed by atoms with Crippen LogP contribution in [0.4, 0.5) is 0 Å². The van der Waals surface area contributed by atoms with Gasteiger partial charge >= 0.3 is 0 Å². The Bertz CT molecular complexity index is 1090. The van der Waals surface area contributed by atoms with Gasteiger partial charge in [-0.05, 0) is 22.3 Å². The quantitative estimate of drug-likeness (QED) is 0.406. The highest BCUT2D eigenvalue weighted by atomic mass is 35.5. The number of hydrogen-bond acceptors (Lipinski definition) is 4. The van der Waals surface area contributed by atoms with E-state index in [2.05, 4.69) is 0 Å². The van der Waals surface area contributed by atoms with Crippen molar-refractivity contribution in [2.45, 2.75) is 31.0 Å². The molecule has 4 rings (SSSR count). The number of nitrogens with zero attached hydrogens (tertiary/aromatic N) is 1. The molecule has 2 heterocycles. The van der Waals surface area contributed by atoms with Gasteiger partial charge in [0.1, 0.15) is 5.78 Å². The number of rotatable bonds is 8. The minimum Gasteiger partial charge on any atom is -0.299 e. The summed E-state index contributed by atoms with van der Waals surface area (Å²) in [6, 6.07) is 17.4. The van der Waals surface area contributed by atoms with Crippen LogP contribution in [-0.2, 0) is 26.7 Å². The second-order valence-electron chi connectivity index (χ2n) is 8.06. The zero-order valence-electron chi connectivity index (χ0n) is 17.8. The summed E-state index contributed by atoms with van der Waals surface area (Å²) in [6.45, 7) is 1.49. The highest BCUT2D eigenvalue weighted by molar-refractivity contribution is 8.00. The van der Waals surface area contributed by atoms with Gasteiger partial charge in [-0.1, -0.05) is 66.7 Å². The monoisotopic (exact) mass is 465 g/mol. The predicted octanol–water partition coefficient (Wildman–Crippen LogP) is 5.01. The molecule has 6 heteroatoms. The van der Waals surface area contributed by atoms with Crippen molar-refractivity contribution in [1.82, 2.24) is 4.90 Å². The molecule has 1 saturated heterocycles. The summed E-state index contributed by atoms with van der Waals surface area (Å²) < 4.78 is 0. The summed E-state index contributed by atoms with van der Waals surface area (Å²) in [5.74, 6) is 0.519. The van der Waals surface area contributed by atoms with E-state index in [4.69, 9.17) is 11.6 Å². The van der Waals surface area contributed by atoms with E-state index in [1.165, 1.54) is 6.92 Å². The molecule has 164 valence electrons. The Morgan fingerprint density at radius 2 is 1.78 bits per heavy atom. The largest absolute Gasteiger partial charge is 0.299 e. The molecular weight excluding hydrogens is 442 g/mol. The number of carbonyl (C=O) groups excluding carboxylic acids is 3. The van der Waals surface area contributed by atoms with Gasteiger partial charge in [-0.3, -0.25) is 19.3 Å². The second-order valence-corrected chi connectivity index (χ2v) is 9.43. The first-order chi connectivity index (χ1) is 15.5. The van der Waals surface area contributed by atoms with E-state index in [1.54, 1.807) is 16.7 Å². The predicted molar refractivity (Wildman–Crippen MR) is 129 cm³/mol. The minimum atomic E-state index is -0.362. The summed E-state index contributed by atoms with van der Waals surface area (Å²) in [5.41, 5.74) is 4.29. The summed E-state index contributed by atoms with van der Waals surface area (Å²) in [7, 11) is 0. The molecule has 0 spiro atoms. The number of thioether (sulfide) groups is 1. The zero-order valence-corrected chi connectivity index (χ0v) is 19.4. The molecule has 0 radical (unpaired) electrons. The van der Waals surface area contributed by atoms with Crippen LogP contribution in [0.1, 0.15) is 30.0 Å². The molecule has 0 saturated carbocycles. The second kappa shape index (κ2) is 9.88. The van der Waals surface area contributed by atoms with Crippen molar-refractivity contribution in [2.24, 2.45) is 5.92 Å². The average Bonchev–Trinajstić information content (AvgIpc) is 2.81. The van der Waals surface area contributed by atoms with Crippen molar-refractivity contribution in [3.63, 3.8) is 0 Å². The van der Waals surface area contributed by atoms with Crippen LogP contribution in [0.5, 0.6) is 0 Å². The van der Waals surface area contributed by atoms with E-state index >= 15 is 0 Å². The van der Waals surface area contributed by atoms with Crippen molar-refractivity contribution in [2.75, 3.05) is 5.75 Å². The lowest BCUT2D eigenvalue weighted by Gasteiger charge is -2.50. The molecule has 2 atom stereocenters. The number of carbonyl (C=O) groups is 3. The summed E-state index contributed by atoms with van der Waals surface area (Å²) >= 11 is 7.46. The molecule has 0 aliphatic carbocycles. The molecule has 0 bridgehead atoms. The summed E-state index contributed by atoms with van der Waals surface area (Å²) in [6.07, 6.45) is 4.40. The van der Waals surface area contributed by atoms with Crippen molar-refractivity contribution in [3.05, 3.63) is 88.6 Å². The Labute approximate surface area is 197 Å². The topological polar surface area (TPSA) is 54.5 Å². The number of amides is 1. The first-order valence-corrected chi connectivity index (χ1v) is 12.1. The number of hydrogen-bond donors (Lipinski definition) is 0. The van der Waals surface area contributed by atoms with Gasteiger partial charge in [-0.25, -0.2) is 0 Å². The third kappa shape index (κ3) is 4.74. The fourth-order valence-electron chi connectivity index (χ4n) is 4.12. The van der Waals surface area contributed by atoms with Gasteiger partial charge in [0, 0.05) is 31.4 Å². The molecule has 0 N–H and O–H groups in total. The Balaban J connectivity index is 1.47. The van der Waals surface area contributed by atoms with Crippen LogP contribution in [0, 0.1) is 5.92 Å². The molecule has 0 unspecified atom stereocenters. The smallest absolute Gasteiger partial charge is 0.234 e. The number of fused-ring (bicyclic) bond motifs is 1. The maximum Gasteiger partial charge on any atom is 0.234 e.